The van der Waals surface area contributed by atoms with E-state index in [1.54, 1.807) is 0 Å². The molecule has 2 aromatic carbocycles. The molecule has 0 radical (unpaired) electrons. The zero-order valence-electron chi connectivity index (χ0n) is 14.2. The zero-order chi connectivity index (χ0) is 17.6. The third kappa shape index (κ3) is 4.28. The second kappa shape index (κ2) is 7.98. The summed E-state index contributed by atoms with van der Waals surface area (Å²) in [5, 5.41) is 2.90. The fraction of sp³-hybridized carbons (Fsp3) is 0.316. The van der Waals surface area contributed by atoms with E-state index in [1.165, 1.54) is 19.2 Å². The van der Waals surface area contributed by atoms with E-state index < -0.39 is 0 Å². The van der Waals surface area contributed by atoms with Crippen molar-refractivity contribution in [2.75, 3.05) is 55.0 Å². The van der Waals surface area contributed by atoms with E-state index in [2.05, 4.69) is 15.1 Å². The van der Waals surface area contributed by atoms with Crippen LogP contribution >= 0.6 is 0 Å². The molecule has 25 heavy (non-hydrogen) atoms. The Kier molecular flexibility index (Phi) is 5.50. The number of rotatable bonds is 5. The number of para-hydroxylation sites is 2. The number of hydrogen-bond donors (Lipinski definition) is 1. The molecule has 0 unspecified atom stereocenters. The number of hydrogen-bond acceptors (Lipinski definition) is 4. The Morgan fingerprint density at radius 3 is 2.36 bits per heavy atom. The lowest BCUT2D eigenvalue weighted by Crippen LogP contribution is -2.46. The van der Waals surface area contributed by atoms with Crippen molar-refractivity contribution in [3.05, 3.63) is 54.3 Å². The summed E-state index contributed by atoms with van der Waals surface area (Å²) in [5.74, 6) is -0.386. The molecule has 3 rings (SSSR count). The quantitative estimate of drug-likeness (QED) is 0.907. The minimum Gasteiger partial charge on any atom is -0.375 e. The molecule has 1 aliphatic rings. The predicted molar refractivity (Wildman–Crippen MR) is 97.8 cm³/mol. The summed E-state index contributed by atoms with van der Waals surface area (Å²) in [6.07, 6.45) is 0. The Morgan fingerprint density at radius 1 is 1.04 bits per heavy atom. The molecule has 0 aromatic heterocycles. The van der Waals surface area contributed by atoms with Gasteiger partial charge in [0.25, 0.3) is 0 Å². The van der Waals surface area contributed by atoms with Gasteiger partial charge in [-0.1, -0.05) is 12.1 Å². The number of anilines is 3. The minimum absolute atomic E-state index is 0.0344. The SMILES string of the molecule is COCC(=O)Nc1ccccc1N1CCN(c2ccc(F)cc2)CC1. The fourth-order valence-electron chi connectivity index (χ4n) is 3.03. The van der Waals surface area contributed by atoms with Crippen LogP contribution in [0.3, 0.4) is 0 Å². The fourth-order valence-corrected chi connectivity index (χ4v) is 3.03. The van der Waals surface area contributed by atoms with Crippen molar-refractivity contribution < 1.29 is 13.9 Å². The molecule has 5 nitrogen and oxygen atoms in total. The Hall–Kier alpha value is -2.60. The number of carbonyl (C=O) groups is 1. The molecular formula is C19H22FN3O2. The highest BCUT2D eigenvalue weighted by Crippen LogP contribution is 2.27. The van der Waals surface area contributed by atoms with Crippen molar-refractivity contribution >= 4 is 23.0 Å². The molecular weight excluding hydrogens is 321 g/mol. The van der Waals surface area contributed by atoms with Gasteiger partial charge in [-0.25, -0.2) is 4.39 Å². The maximum atomic E-state index is 13.1. The maximum absolute atomic E-state index is 13.1. The van der Waals surface area contributed by atoms with Gasteiger partial charge >= 0.3 is 0 Å². The van der Waals surface area contributed by atoms with E-state index in [4.69, 9.17) is 4.74 Å². The van der Waals surface area contributed by atoms with Crippen molar-refractivity contribution in [3.8, 4) is 0 Å². The largest absolute Gasteiger partial charge is 0.375 e. The summed E-state index contributed by atoms with van der Waals surface area (Å²) in [6, 6.07) is 14.4. The number of piperazine rings is 1. The van der Waals surface area contributed by atoms with Gasteiger partial charge in [-0.3, -0.25) is 4.79 Å². The normalized spacial score (nSPS) is 14.5. The van der Waals surface area contributed by atoms with Gasteiger partial charge in [0.05, 0.1) is 11.4 Å². The molecule has 1 aliphatic heterocycles. The highest BCUT2D eigenvalue weighted by Gasteiger charge is 2.20. The van der Waals surface area contributed by atoms with Gasteiger partial charge in [0, 0.05) is 39.0 Å². The first-order chi connectivity index (χ1) is 12.2. The lowest BCUT2D eigenvalue weighted by atomic mass is 10.2. The molecule has 2 aromatic rings. The van der Waals surface area contributed by atoms with Crippen molar-refractivity contribution in [3.63, 3.8) is 0 Å². The molecule has 0 aliphatic carbocycles. The van der Waals surface area contributed by atoms with E-state index in [9.17, 15) is 9.18 Å². The van der Waals surface area contributed by atoms with E-state index in [-0.39, 0.29) is 18.3 Å². The van der Waals surface area contributed by atoms with Crippen molar-refractivity contribution in [1.82, 2.24) is 0 Å². The number of methoxy groups -OCH3 is 1. The van der Waals surface area contributed by atoms with E-state index in [0.29, 0.717) is 0 Å². The van der Waals surface area contributed by atoms with Gasteiger partial charge in [-0.15, -0.1) is 0 Å². The van der Waals surface area contributed by atoms with Gasteiger partial charge in [-0.2, -0.15) is 0 Å². The summed E-state index contributed by atoms with van der Waals surface area (Å²) in [6.45, 7) is 3.37. The topological polar surface area (TPSA) is 44.8 Å². The summed E-state index contributed by atoms with van der Waals surface area (Å²) in [4.78, 5) is 16.3. The first-order valence-corrected chi connectivity index (χ1v) is 8.30. The van der Waals surface area contributed by atoms with Gasteiger partial charge in [0.2, 0.25) is 5.91 Å². The molecule has 0 saturated carbocycles. The van der Waals surface area contributed by atoms with Crippen LogP contribution in [0.2, 0.25) is 0 Å². The van der Waals surface area contributed by atoms with Crippen LogP contribution in [0, 0.1) is 5.82 Å². The lowest BCUT2D eigenvalue weighted by Gasteiger charge is -2.38. The van der Waals surface area contributed by atoms with Crippen molar-refractivity contribution in [1.29, 1.82) is 0 Å². The van der Waals surface area contributed by atoms with E-state index in [1.807, 2.05) is 36.4 Å². The molecule has 0 bridgehead atoms. The number of benzene rings is 2. The highest BCUT2D eigenvalue weighted by molar-refractivity contribution is 5.95. The van der Waals surface area contributed by atoms with Crippen LogP contribution in [0.4, 0.5) is 21.5 Å². The lowest BCUT2D eigenvalue weighted by molar-refractivity contribution is -0.119. The molecule has 1 heterocycles. The van der Waals surface area contributed by atoms with Gasteiger partial charge in [-0.05, 0) is 36.4 Å². The second-order valence-electron chi connectivity index (χ2n) is 5.95. The Balaban J connectivity index is 1.66. The highest BCUT2D eigenvalue weighted by atomic mass is 19.1. The predicted octanol–water partition coefficient (Wildman–Crippen LogP) is 2.74. The van der Waals surface area contributed by atoms with E-state index in [0.717, 1.165) is 43.2 Å². The number of halogens is 1. The standard InChI is InChI=1S/C19H22FN3O2/c1-25-14-19(24)21-17-4-2-3-5-18(17)23-12-10-22(11-13-23)16-8-6-15(20)7-9-16/h2-9H,10-14H2,1H3,(H,21,24). The van der Waals surface area contributed by atoms with Crippen LogP contribution < -0.4 is 15.1 Å². The van der Waals surface area contributed by atoms with Crippen LogP contribution in [0.5, 0.6) is 0 Å². The molecule has 1 amide bonds. The average molecular weight is 343 g/mol. The molecule has 132 valence electrons. The van der Waals surface area contributed by atoms with Crippen LogP contribution in [0.15, 0.2) is 48.5 Å². The molecule has 1 N–H and O–H groups in total. The van der Waals surface area contributed by atoms with Gasteiger partial charge in [0.15, 0.2) is 0 Å². The second-order valence-corrected chi connectivity index (χ2v) is 5.95. The smallest absolute Gasteiger partial charge is 0.250 e. The number of nitrogens with one attached hydrogen (secondary N) is 1. The molecule has 1 saturated heterocycles. The average Bonchev–Trinajstić information content (AvgIpc) is 2.63. The number of amides is 1. The van der Waals surface area contributed by atoms with Crippen LogP contribution in [-0.4, -0.2) is 45.8 Å². The van der Waals surface area contributed by atoms with E-state index >= 15 is 0 Å². The van der Waals surface area contributed by atoms with Crippen LogP contribution in [-0.2, 0) is 9.53 Å². The number of carbonyl (C=O) groups excluding carboxylic acids is 1. The van der Waals surface area contributed by atoms with Gasteiger partial charge < -0.3 is 19.9 Å². The summed E-state index contributed by atoms with van der Waals surface area (Å²) in [7, 11) is 1.50. The molecule has 0 atom stereocenters. The zero-order valence-corrected chi connectivity index (χ0v) is 14.2. The summed E-state index contributed by atoms with van der Waals surface area (Å²) in [5.41, 5.74) is 2.83. The Morgan fingerprint density at radius 2 is 1.68 bits per heavy atom. The summed E-state index contributed by atoms with van der Waals surface area (Å²) >= 11 is 0. The molecule has 6 heteroatoms. The Bertz CT molecular complexity index is 713. The van der Waals surface area contributed by atoms with Crippen LogP contribution in [0.25, 0.3) is 0 Å². The molecule has 0 spiro atoms. The minimum atomic E-state index is -0.219. The molecule has 1 fully saturated rings. The third-order valence-corrected chi connectivity index (χ3v) is 4.27. The summed E-state index contributed by atoms with van der Waals surface area (Å²) < 4.78 is 17.9. The first kappa shape index (κ1) is 17.2. The monoisotopic (exact) mass is 343 g/mol. The first-order valence-electron chi connectivity index (χ1n) is 8.30. The van der Waals surface area contributed by atoms with Crippen molar-refractivity contribution in [2.45, 2.75) is 0 Å². The maximum Gasteiger partial charge on any atom is 0.250 e. The number of ether oxygens (including phenoxy) is 1. The third-order valence-electron chi connectivity index (χ3n) is 4.27. The number of nitrogens with zero attached hydrogens (tertiary/aromatic N) is 2. The van der Waals surface area contributed by atoms with Crippen LogP contribution in [0.1, 0.15) is 0 Å². The van der Waals surface area contributed by atoms with Gasteiger partial charge in [0.1, 0.15) is 12.4 Å². The Labute approximate surface area is 147 Å². The van der Waals surface area contributed by atoms with Crippen molar-refractivity contribution in [2.24, 2.45) is 0 Å².